The zero-order valence-corrected chi connectivity index (χ0v) is 14.8. The topological polar surface area (TPSA) is 27.0 Å². The van der Waals surface area contributed by atoms with Crippen LogP contribution in [0.3, 0.4) is 0 Å². The highest BCUT2D eigenvalue weighted by Gasteiger charge is 2.64. The molecule has 2 aliphatic rings. The number of anilines is 1. The van der Waals surface area contributed by atoms with Crippen LogP contribution in [-0.2, 0) is 0 Å². The Morgan fingerprint density at radius 3 is 2.61 bits per heavy atom. The fourth-order valence-corrected chi connectivity index (χ4v) is 4.76. The third-order valence-electron chi connectivity index (χ3n) is 4.88. The van der Waals surface area contributed by atoms with Gasteiger partial charge < -0.3 is 4.90 Å². The molecule has 2 fully saturated rings. The van der Waals surface area contributed by atoms with Crippen molar-refractivity contribution < 1.29 is 17.6 Å². The number of benzene rings is 1. The van der Waals surface area contributed by atoms with Crippen LogP contribution >= 0.6 is 34.2 Å². The Morgan fingerprint density at radius 2 is 2.09 bits per heavy atom. The molecule has 0 aromatic heterocycles. The van der Waals surface area contributed by atoms with Crippen LogP contribution in [0, 0.1) is 34.9 Å². The van der Waals surface area contributed by atoms with Crippen LogP contribution in [0.4, 0.5) is 23.2 Å². The maximum Gasteiger partial charge on any atom is 0.402 e. The lowest BCUT2D eigenvalue weighted by molar-refractivity contribution is -0.129. The smallest absolute Gasteiger partial charge is 0.366 e. The van der Waals surface area contributed by atoms with Gasteiger partial charge in [-0.25, -0.2) is 4.39 Å². The van der Waals surface area contributed by atoms with Crippen LogP contribution in [0.1, 0.15) is 12.5 Å². The SMILES string of the molecule is C[C@@H]1[C@@H]2CN(c3cc(F)c(C#N)c(Cl)c3)[C@@H]([C@H](I)C(F)(F)F)[C@H]12. The van der Waals surface area contributed by atoms with E-state index >= 15 is 0 Å². The third-order valence-corrected chi connectivity index (χ3v) is 6.62. The molecule has 3 rings (SSSR count). The number of nitriles is 1. The van der Waals surface area contributed by atoms with Crippen LogP contribution in [0.2, 0.25) is 5.02 Å². The van der Waals surface area contributed by atoms with Gasteiger partial charge in [-0.2, -0.15) is 18.4 Å². The summed E-state index contributed by atoms with van der Waals surface area (Å²) < 4.78 is 52.0. The first-order valence-electron chi connectivity index (χ1n) is 7.03. The van der Waals surface area contributed by atoms with Gasteiger partial charge >= 0.3 is 6.18 Å². The average Bonchev–Trinajstić information content (AvgIpc) is 2.92. The van der Waals surface area contributed by atoms with E-state index in [9.17, 15) is 17.6 Å². The van der Waals surface area contributed by atoms with Gasteiger partial charge in [0.1, 0.15) is 21.4 Å². The van der Waals surface area contributed by atoms with Crippen LogP contribution in [0.25, 0.3) is 0 Å². The van der Waals surface area contributed by atoms with Gasteiger partial charge in [0.15, 0.2) is 0 Å². The molecule has 0 N–H and O–H groups in total. The molecule has 1 aliphatic carbocycles. The summed E-state index contributed by atoms with van der Waals surface area (Å²) in [6.45, 7) is 2.40. The zero-order chi connectivity index (χ0) is 17.1. The number of piperidine rings is 1. The lowest BCUT2D eigenvalue weighted by Gasteiger charge is -2.34. The predicted octanol–water partition coefficient (Wildman–Crippen LogP) is 4.79. The predicted molar refractivity (Wildman–Crippen MR) is 87.3 cm³/mol. The molecular formula is C15H12ClF4IN2. The molecule has 1 aromatic rings. The summed E-state index contributed by atoms with van der Waals surface area (Å²) in [6.07, 6.45) is -4.32. The van der Waals surface area contributed by atoms with E-state index in [1.165, 1.54) is 28.7 Å². The summed E-state index contributed by atoms with van der Waals surface area (Å²) in [4.78, 5) is 1.59. The maximum absolute atomic E-state index is 14.0. The van der Waals surface area contributed by atoms with Crippen LogP contribution < -0.4 is 4.90 Å². The lowest BCUT2D eigenvalue weighted by atomic mass is 10.1. The molecule has 23 heavy (non-hydrogen) atoms. The van der Waals surface area contributed by atoms with Gasteiger partial charge in [-0.05, 0) is 29.9 Å². The number of hydrogen-bond donors (Lipinski definition) is 0. The van der Waals surface area contributed by atoms with Gasteiger partial charge in [0.25, 0.3) is 0 Å². The first kappa shape index (κ1) is 17.1. The second-order valence-electron chi connectivity index (χ2n) is 6.08. The van der Waals surface area contributed by atoms with Crippen molar-refractivity contribution in [1.82, 2.24) is 0 Å². The summed E-state index contributed by atoms with van der Waals surface area (Å²) in [7, 11) is 0. The highest BCUT2D eigenvalue weighted by atomic mass is 127. The monoisotopic (exact) mass is 458 g/mol. The van der Waals surface area contributed by atoms with Gasteiger partial charge in [-0.15, -0.1) is 0 Å². The Morgan fingerprint density at radius 1 is 1.43 bits per heavy atom. The summed E-state index contributed by atoms with van der Waals surface area (Å²) in [5, 5.41) is 8.77. The molecule has 0 spiro atoms. The minimum atomic E-state index is -4.32. The molecule has 2 nitrogen and oxygen atoms in total. The molecule has 0 unspecified atom stereocenters. The molecule has 1 saturated carbocycles. The van der Waals surface area contributed by atoms with E-state index in [2.05, 4.69) is 0 Å². The van der Waals surface area contributed by atoms with Gasteiger partial charge in [0.05, 0.1) is 11.1 Å². The molecule has 1 saturated heterocycles. The number of alkyl halides is 4. The fraction of sp³-hybridized carbons (Fsp3) is 0.533. The molecule has 1 heterocycles. The van der Waals surface area contributed by atoms with E-state index in [0.717, 1.165) is 6.07 Å². The number of halogens is 6. The van der Waals surface area contributed by atoms with Gasteiger partial charge in [0.2, 0.25) is 0 Å². The van der Waals surface area contributed by atoms with E-state index in [0.29, 0.717) is 12.2 Å². The number of fused-ring (bicyclic) bond motifs is 1. The van der Waals surface area contributed by atoms with E-state index in [1.54, 1.807) is 11.0 Å². The normalized spacial score (nSPS) is 30.8. The minimum absolute atomic E-state index is 0.0454. The average molecular weight is 459 g/mol. The Bertz CT molecular complexity index is 664. The van der Waals surface area contributed by atoms with E-state index < -0.39 is 22.0 Å². The molecule has 124 valence electrons. The summed E-state index contributed by atoms with van der Waals surface area (Å²) >= 11 is 7.32. The zero-order valence-electron chi connectivity index (χ0n) is 11.9. The van der Waals surface area contributed by atoms with Crippen molar-refractivity contribution >= 4 is 39.9 Å². The molecule has 0 amide bonds. The van der Waals surface area contributed by atoms with Crippen molar-refractivity contribution in [2.24, 2.45) is 17.8 Å². The summed E-state index contributed by atoms with van der Waals surface area (Å²) in [6, 6.07) is 3.40. The van der Waals surface area contributed by atoms with Crippen molar-refractivity contribution in [1.29, 1.82) is 5.26 Å². The Hall–Kier alpha value is -0.750. The summed E-state index contributed by atoms with van der Waals surface area (Å²) in [5.74, 6) is -0.415. The Labute approximate surface area is 149 Å². The van der Waals surface area contributed by atoms with Crippen LogP contribution in [0.5, 0.6) is 0 Å². The summed E-state index contributed by atoms with van der Waals surface area (Å²) in [5.41, 5.74) is 0.0216. The van der Waals surface area contributed by atoms with Gasteiger partial charge in [0, 0.05) is 12.2 Å². The van der Waals surface area contributed by atoms with Crippen molar-refractivity contribution in [2.75, 3.05) is 11.4 Å². The van der Waals surface area contributed by atoms with Crippen molar-refractivity contribution in [3.63, 3.8) is 0 Å². The molecule has 5 atom stereocenters. The fourth-order valence-electron chi connectivity index (χ4n) is 3.65. The molecule has 0 bridgehead atoms. The lowest BCUT2D eigenvalue weighted by Crippen LogP contribution is -2.46. The number of hydrogen-bond acceptors (Lipinski definition) is 2. The highest BCUT2D eigenvalue weighted by molar-refractivity contribution is 14.1. The first-order chi connectivity index (χ1) is 10.7. The largest absolute Gasteiger partial charge is 0.402 e. The van der Waals surface area contributed by atoms with E-state index in [1.807, 2.05) is 6.92 Å². The minimum Gasteiger partial charge on any atom is -0.366 e. The first-order valence-corrected chi connectivity index (χ1v) is 8.65. The Balaban J connectivity index is 1.98. The number of rotatable bonds is 2. The van der Waals surface area contributed by atoms with Crippen LogP contribution in [-0.4, -0.2) is 22.7 Å². The van der Waals surface area contributed by atoms with Crippen molar-refractivity contribution in [3.05, 3.63) is 28.5 Å². The quantitative estimate of drug-likeness (QED) is 0.362. The molecule has 0 radical (unpaired) electrons. The van der Waals surface area contributed by atoms with Gasteiger partial charge in [-0.3, -0.25) is 0 Å². The molecular weight excluding hydrogens is 447 g/mol. The second-order valence-corrected chi connectivity index (χ2v) is 7.83. The molecule has 1 aromatic carbocycles. The van der Waals surface area contributed by atoms with E-state index in [-0.39, 0.29) is 28.3 Å². The molecule has 1 aliphatic heterocycles. The Kier molecular flexibility index (Phi) is 4.20. The van der Waals surface area contributed by atoms with Crippen LogP contribution in [0.15, 0.2) is 12.1 Å². The standard InChI is InChI=1S/C15H12ClF4IN2/c1-6-9-5-23(13(12(6)9)14(21)15(18,19)20)7-2-10(16)8(4-22)11(17)3-7/h2-3,6,9,12-14H,5H2,1H3/t6-,9+,12-,13-,14+/m1/s1. The highest BCUT2D eigenvalue weighted by Crippen LogP contribution is 2.59. The number of nitrogens with zero attached hydrogens (tertiary/aromatic N) is 2. The van der Waals surface area contributed by atoms with Crippen molar-refractivity contribution in [3.8, 4) is 6.07 Å². The third kappa shape index (κ3) is 2.78. The second kappa shape index (κ2) is 5.66. The van der Waals surface area contributed by atoms with Gasteiger partial charge in [-0.1, -0.05) is 41.1 Å². The van der Waals surface area contributed by atoms with E-state index in [4.69, 9.17) is 16.9 Å². The van der Waals surface area contributed by atoms with Crippen molar-refractivity contribution in [2.45, 2.75) is 23.1 Å². The maximum atomic E-state index is 14.0. The molecule has 8 heteroatoms.